The quantitative estimate of drug-likeness (QED) is 0.0987. The molecule has 5 N–H and O–H groups in total. The maximum atomic E-state index is 13.2. The average molecular weight is 897 g/mol. The van der Waals surface area contributed by atoms with Crippen LogP contribution in [0, 0.1) is 0 Å². The van der Waals surface area contributed by atoms with Gasteiger partial charge in [0.05, 0.1) is 34.8 Å². The van der Waals surface area contributed by atoms with Crippen molar-refractivity contribution in [1.82, 2.24) is 19.6 Å². The van der Waals surface area contributed by atoms with Crippen LogP contribution in [0.2, 0.25) is 0 Å². The summed E-state index contributed by atoms with van der Waals surface area (Å²) >= 11 is 3.40. The summed E-state index contributed by atoms with van der Waals surface area (Å²) in [7, 11) is 0. The predicted molar refractivity (Wildman–Crippen MR) is 235 cm³/mol. The van der Waals surface area contributed by atoms with E-state index in [1.54, 1.807) is 65.3 Å². The number of phenols is 2. The number of hydrogen-bond donors (Lipinski definition) is 5. The summed E-state index contributed by atoms with van der Waals surface area (Å²) in [6, 6.07) is 17.5. The molecule has 4 saturated heterocycles. The van der Waals surface area contributed by atoms with E-state index >= 15 is 0 Å². The van der Waals surface area contributed by atoms with Crippen molar-refractivity contribution in [2.24, 2.45) is 0 Å². The number of nitrogens with one attached hydrogen (secondary N) is 3. The first-order valence-corrected chi connectivity index (χ1v) is 21.3. The van der Waals surface area contributed by atoms with E-state index in [4.69, 9.17) is 4.74 Å². The SMILES string of the molecule is CCOc1c(Nc2cccc(C(=O)N3CCN4CCCC4C3)c2O)c(=O)c1=O.O=C(c1cccc(Nc2c(Nc3ccccc3Br)c(=O)c2=O)c1O)N1CCN2CCCC2C1. The maximum absolute atomic E-state index is 13.2. The number of fused-ring (bicyclic) bond motifs is 2. The lowest BCUT2D eigenvalue weighted by Gasteiger charge is -2.37. The van der Waals surface area contributed by atoms with Gasteiger partial charge in [-0.3, -0.25) is 38.6 Å². The monoisotopic (exact) mass is 895 g/mol. The molecule has 2 atom stereocenters. The number of amides is 2. The molecule has 0 spiro atoms. The lowest BCUT2D eigenvalue weighted by atomic mass is 10.1. The minimum atomic E-state index is -0.697. The third kappa shape index (κ3) is 8.12. The molecule has 5 aromatic carbocycles. The van der Waals surface area contributed by atoms with E-state index < -0.39 is 21.7 Å². The number of ether oxygens (including phenoxy) is 1. The van der Waals surface area contributed by atoms with E-state index in [-0.39, 0.29) is 75.2 Å². The standard InChI is InChI=1S/C24H23BrN4O4.C20H23N3O5/c25-16-7-1-2-8-17(16)26-19-20(23(32)22(19)31)27-18-9-3-6-15(21(18)30)24(33)29-12-11-28-10-4-5-14(28)13-29;1-2-28-19-15(17(25)18(19)26)21-14-7-3-6-13(16(14)24)20(27)23-10-9-22-8-4-5-12(22)11-23/h1-3,6-9,14,26-27,30H,4-5,10-13H2;3,6-7,12,21,24H,2,4-5,8-11H2,1H3. The topological polar surface area (TPSA) is 201 Å². The Labute approximate surface area is 358 Å². The third-order valence-corrected chi connectivity index (χ3v) is 12.7. The van der Waals surface area contributed by atoms with E-state index in [0.29, 0.717) is 44.0 Å². The van der Waals surface area contributed by atoms with Crippen LogP contribution in [0.15, 0.2) is 84.3 Å². The number of piperazine rings is 2. The molecular formula is C44H46BrN7O9. The molecule has 61 heavy (non-hydrogen) atoms. The molecule has 4 heterocycles. The molecule has 4 aliphatic heterocycles. The van der Waals surface area contributed by atoms with Crippen LogP contribution < -0.4 is 42.4 Å². The van der Waals surface area contributed by atoms with Gasteiger partial charge in [0, 0.05) is 55.8 Å². The van der Waals surface area contributed by atoms with Gasteiger partial charge in [0.2, 0.25) is 0 Å². The maximum Gasteiger partial charge on any atom is 0.272 e. The molecule has 4 fully saturated rings. The van der Waals surface area contributed by atoms with Gasteiger partial charge in [-0.25, -0.2) is 0 Å². The van der Waals surface area contributed by atoms with Gasteiger partial charge in [-0.05, 0) is 98.0 Å². The third-order valence-electron chi connectivity index (χ3n) is 12.0. The Bertz CT molecular complexity index is 2640. The van der Waals surface area contributed by atoms with Crippen LogP contribution in [0.4, 0.5) is 34.1 Å². The van der Waals surface area contributed by atoms with E-state index in [1.807, 2.05) is 12.1 Å². The second-order valence-corrected chi connectivity index (χ2v) is 16.5. The summed E-state index contributed by atoms with van der Waals surface area (Å²) in [6.45, 7) is 8.34. The second-order valence-electron chi connectivity index (χ2n) is 15.6. The van der Waals surface area contributed by atoms with Gasteiger partial charge < -0.3 is 40.7 Å². The van der Waals surface area contributed by atoms with E-state index in [2.05, 4.69) is 41.7 Å². The average Bonchev–Trinajstić information content (AvgIpc) is 3.96. The van der Waals surface area contributed by atoms with Crippen molar-refractivity contribution in [2.45, 2.75) is 44.7 Å². The van der Waals surface area contributed by atoms with E-state index in [0.717, 1.165) is 56.3 Å². The zero-order valence-corrected chi connectivity index (χ0v) is 35.1. The highest BCUT2D eigenvalue weighted by Crippen LogP contribution is 2.36. The van der Waals surface area contributed by atoms with Crippen molar-refractivity contribution < 1.29 is 24.5 Å². The number of benzene rings is 3. The summed E-state index contributed by atoms with van der Waals surface area (Å²) in [5, 5.41) is 30.1. The Morgan fingerprint density at radius 1 is 0.623 bits per heavy atom. The summed E-state index contributed by atoms with van der Waals surface area (Å²) in [5.74, 6) is -0.990. The number of aromatic hydroxyl groups is 2. The highest BCUT2D eigenvalue weighted by molar-refractivity contribution is 9.10. The van der Waals surface area contributed by atoms with Gasteiger partial charge in [-0.1, -0.05) is 24.3 Å². The lowest BCUT2D eigenvalue weighted by molar-refractivity contribution is 0.0563. The highest BCUT2D eigenvalue weighted by Gasteiger charge is 2.35. The van der Waals surface area contributed by atoms with Gasteiger partial charge in [0.25, 0.3) is 33.5 Å². The zero-order valence-electron chi connectivity index (χ0n) is 33.5. The molecule has 17 heteroatoms. The molecule has 4 aliphatic rings. The van der Waals surface area contributed by atoms with Crippen molar-refractivity contribution >= 4 is 61.9 Å². The minimum absolute atomic E-state index is 0.00585. The molecule has 5 aromatic rings. The molecule has 2 amide bonds. The first-order valence-electron chi connectivity index (χ1n) is 20.5. The van der Waals surface area contributed by atoms with Gasteiger partial charge in [0.1, 0.15) is 17.1 Å². The van der Waals surface area contributed by atoms with Crippen LogP contribution in [0.1, 0.15) is 53.3 Å². The molecule has 2 unspecified atom stereocenters. The van der Waals surface area contributed by atoms with Crippen LogP contribution in [0.3, 0.4) is 0 Å². The van der Waals surface area contributed by atoms with E-state index in [9.17, 15) is 39.0 Å². The number of nitrogens with zero attached hydrogens (tertiary/aromatic N) is 4. The Kier molecular flexibility index (Phi) is 12.0. The molecule has 318 valence electrons. The van der Waals surface area contributed by atoms with Crippen LogP contribution >= 0.6 is 15.9 Å². The number of carbonyl (C=O) groups is 2. The van der Waals surface area contributed by atoms with Crippen LogP contribution in [-0.2, 0) is 0 Å². The number of hydrogen-bond acceptors (Lipinski definition) is 14. The molecule has 0 saturated carbocycles. The van der Waals surface area contributed by atoms with Crippen LogP contribution in [-0.4, -0.2) is 113 Å². The number of anilines is 6. The minimum Gasteiger partial charge on any atom is -0.505 e. The zero-order chi connectivity index (χ0) is 42.9. The Morgan fingerprint density at radius 3 is 1.59 bits per heavy atom. The smallest absolute Gasteiger partial charge is 0.272 e. The fourth-order valence-electron chi connectivity index (χ4n) is 8.69. The number of phenolic OH excluding ortho intramolecular Hbond substituents is 2. The fraction of sp³-hybridized carbons (Fsp3) is 0.364. The second kappa shape index (κ2) is 17.5. The fourth-order valence-corrected chi connectivity index (χ4v) is 9.07. The van der Waals surface area contributed by atoms with E-state index in [1.165, 1.54) is 0 Å². The number of carbonyl (C=O) groups excluding carboxylic acids is 2. The first kappa shape index (κ1) is 41.7. The van der Waals surface area contributed by atoms with Gasteiger partial charge in [-0.2, -0.15) is 0 Å². The number of para-hydroxylation sites is 3. The molecule has 0 bridgehead atoms. The first-order chi connectivity index (χ1) is 29.4. The number of halogens is 1. The summed E-state index contributed by atoms with van der Waals surface area (Å²) in [4.78, 5) is 82.4. The predicted octanol–water partition coefficient (Wildman–Crippen LogP) is 4.21. The number of rotatable bonds is 10. The van der Waals surface area contributed by atoms with Crippen molar-refractivity contribution in [1.29, 1.82) is 0 Å². The van der Waals surface area contributed by atoms with Crippen molar-refractivity contribution in [3.63, 3.8) is 0 Å². The van der Waals surface area contributed by atoms with Crippen molar-refractivity contribution in [3.05, 3.63) is 117 Å². The molecule has 0 aromatic heterocycles. The lowest BCUT2D eigenvalue weighted by Crippen LogP contribution is -2.52. The Morgan fingerprint density at radius 2 is 1.08 bits per heavy atom. The highest BCUT2D eigenvalue weighted by atomic mass is 79.9. The summed E-state index contributed by atoms with van der Waals surface area (Å²) < 4.78 is 5.92. The normalized spacial score (nSPS) is 18.9. The summed E-state index contributed by atoms with van der Waals surface area (Å²) in [5.41, 5.74) is -1.18. The molecule has 0 aliphatic carbocycles. The Balaban J connectivity index is 0.000000171. The molecular weight excluding hydrogens is 850 g/mol. The van der Waals surface area contributed by atoms with Gasteiger partial charge in [0.15, 0.2) is 17.2 Å². The van der Waals surface area contributed by atoms with Crippen LogP contribution in [0.25, 0.3) is 0 Å². The van der Waals surface area contributed by atoms with Crippen molar-refractivity contribution in [3.8, 4) is 17.2 Å². The van der Waals surface area contributed by atoms with Crippen LogP contribution in [0.5, 0.6) is 17.2 Å². The van der Waals surface area contributed by atoms with Crippen molar-refractivity contribution in [2.75, 3.05) is 74.9 Å². The largest absolute Gasteiger partial charge is 0.505 e. The van der Waals surface area contributed by atoms with Gasteiger partial charge in [-0.15, -0.1) is 0 Å². The van der Waals surface area contributed by atoms with Gasteiger partial charge >= 0.3 is 0 Å². The summed E-state index contributed by atoms with van der Waals surface area (Å²) in [6.07, 6.45) is 4.47. The molecule has 16 nitrogen and oxygen atoms in total. The molecule has 9 rings (SSSR count). The Hall–Kier alpha value is -6.04. The molecule has 0 radical (unpaired) electrons.